The molecular weight excluding hydrogens is 226 g/mol. The summed E-state index contributed by atoms with van der Waals surface area (Å²) in [4.78, 5) is 0. The van der Waals surface area contributed by atoms with Crippen molar-refractivity contribution < 1.29 is 13.0 Å². The first-order valence-corrected chi connectivity index (χ1v) is 6.77. The summed E-state index contributed by atoms with van der Waals surface area (Å²) in [6.45, 7) is 1.97. The van der Waals surface area contributed by atoms with Crippen LogP contribution in [-0.4, -0.2) is 13.0 Å². The molecule has 3 N–H and O–H groups in total. The van der Waals surface area contributed by atoms with Crippen LogP contribution in [0.2, 0.25) is 0 Å². The lowest BCUT2D eigenvalue weighted by Gasteiger charge is -2.14. The molecule has 1 atom stereocenters. The molecule has 1 aromatic rings. The molecule has 0 radical (unpaired) electrons. The van der Waals surface area contributed by atoms with Gasteiger partial charge in [-0.05, 0) is 24.1 Å². The Kier molecular flexibility index (Phi) is 4.32. The van der Waals surface area contributed by atoms with E-state index in [0.29, 0.717) is 17.7 Å². The summed E-state index contributed by atoms with van der Waals surface area (Å²) in [5, 5.41) is -0.865. The fourth-order valence-electron chi connectivity index (χ4n) is 1.64. The predicted molar refractivity (Wildman–Crippen MR) is 64.7 cm³/mol. The third kappa shape index (κ3) is 3.50. The normalized spacial score (nSPS) is 13.6. The Labute approximate surface area is 96.2 Å². The Bertz CT molecular complexity index is 442. The van der Waals surface area contributed by atoms with Crippen LogP contribution in [-0.2, 0) is 10.1 Å². The summed E-state index contributed by atoms with van der Waals surface area (Å²) in [5.74, 6) is 0. The molecule has 4 nitrogen and oxygen atoms in total. The smallest absolute Gasteiger partial charge is 0.271 e. The first kappa shape index (κ1) is 13.0. The largest absolute Gasteiger partial charge is 0.399 e. The quantitative estimate of drug-likeness (QED) is 0.614. The molecule has 0 saturated carbocycles. The Morgan fingerprint density at radius 1 is 1.44 bits per heavy atom. The second-order valence-corrected chi connectivity index (χ2v) is 5.41. The molecule has 0 fully saturated rings. The topological polar surface area (TPSA) is 80.4 Å². The van der Waals surface area contributed by atoms with Crippen LogP contribution in [0.4, 0.5) is 5.69 Å². The van der Waals surface area contributed by atoms with E-state index in [1.807, 2.05) is 6.92 Å². The molecule has 0 amide bonds. The second-order valence-electron chi connectivity index (χ2n) is 3.82. The minimum absolute atomic E-state index is 0.415. The molecule has 0 aliphatic carbocycles. The van der Waals surface area contributed by atoms with Gasteiger partial charge < -0.3 is 5.73 Å². The summed E-state index contributed by atoms with van der Waals surface area (Å²) in [7, 11) is -4.06. The highest BCUT2D eigenvalue weighted by atomic mass is 32.2. The SMILES string of the molecule is CCCCC(c1cccc(N)c1)S(=O)(=O)O. The molecule has 0 aromatic heterocycles. The van der Waals surface area contributed by atoms with Gasteiger partial charge in [0.05, 0.1) is 0 Å². The van der Waals surface area contributed by atoms with Gasteiger partial charge in [0, 0.05) is 5.69 Å². The Balaban J connectivity index is 3.02. The zero-order valence-electron chi connectivity index (χ0n) is 9.26. The van der Waals surface area contributed by atoms with Crippen molar-refractivity contribution in [3.63, 3.8) is 0 Å². The van der Waals surface area contributed by atoms with Crippen molar-refractivity contribution in [2.24, 2.45) is 0 Å². The van der Waals surface area contributed by atoms with Crippen molar-refractivity contribution in [2.75, 3.05) is 5.73 Å². The van der Waals surface area contributed by atoms with E-state index >= 15 is 0 Å². The van der Waals surface area contributed by atoms with Crippen LogP contribution in [0.15, 0.2) is 24.3 Å². The number of nitrogen functional groups attached to an aromatic ring is 1. The molecule has 0 bridgehead atoms. The predicted octanol–water partition coefficient (Wildman–Crippen LogP) is 2.39. The van der Waals surface area contributed by atoms with Gasteiger partial charge in [0.1, 0.15) is 5.25 Å². The average molecular weight is 243 g/mol. The Hall–Kier alpha value is -1.07. The fourth-order valence-corrected chi connectivity index (χ4v) is 2.59. The molecule has 0 aliphatic heterocycles. The van der Waals surface area contributed by atoms with Gasteiger partial charge in [-0.15, -0.1) is 0 Å². The first-order chi connectivity index (χ1) is 7.45. The van der Waals surface area contributed by atoms with E-state index in [-0.39, 0.29) is 0 Å². The molecular formula is C11H17NO3S. The number of unbranched alkanes of at least 4 members (excludes halogenated alkanes) is 1. The highest BCUT2D eigenvalue weighted by Gasteiger charge is 2.24. The van der Waals surface area contributed by atoms with E-state index in [1.54, 1.807) is 24.3 Å². The zero-order chi connectivity index (χ0) is 12.2. The molecule has 1 unspecified atom stereocenters. The van der Waals surface area contributed by atoms with Crippen LogP contribution in [0.5, 0.6) is 0 Å². The van der Waals surface area contributed by atoms with Crippen molar-refractivity contribution in [1.29, 1.82) is 0 Å². The zero-order valence-corrected chi connectivity index (χ0v) is 10.1. The van der Waals surface area contributed by atoms with Crippen LogP contribution in [0.25, 0.3) is 0 Å². The highest BCUT2D eigenvalue weighted by Crippen LogP contribution is 2.28. The number of rotatable bonds is 5. The monoisotopic (exact) mass is 243 g/mol. The Morgan fingerprint density at radius 3 is 2.62 bits per heavy atom. The van der Waals surface area contributed by atoms with Crippen molar-refractivity contribution in [3.05, 3.63) is 29.8 Å². The molecule has 0 spiro atoms. The van der Waals surface area contributed by atoms with Gasteiger partial charge >= 0.3 is 0 Å². The van der Waals surface area contributed by atoms with Crippen LogP contribution < -0.4 is 5.73 Å². The maximum atomic E-state index is 11.3. The van der Waals surface area contributed by atoms with E-state index < -0.39 is 15.4 Å². The second kappa shape index (κ2) is 5.32. The number of benzene rings is 1. The van der Waals surface area contributed by atoms with Gasteiger partial charge in [-0.25, -0.2) is 0 Å². The molecule has 90 valence electrons. The van der Waals surface area contributed by atoms with Crippen LogP contribution in [0.3, 0.4) is 0 Å². The van der Waals surface area contributed by atoms with Gasteiger partial charge in [-0.3, -0.25) is 4.55 Å². The number of nitrogens with two attached hydrogens (primary N) is 1. The van der Waals surface area contributed by atoms with Gasteiger partial charge in [-0.1, -0.05) is 31.9 Å². The minimum Gasteiger partial charge on any atom is -0.399 e. The van der Waals surface area contributed by atoms with Crippen LogP contribution in [0, 0.1) is 0 Å². The van der Waals surface area contributed by atoms with Gasteiger partial charge in [-0.2, -0.15) is 8.42 Å². The van der Waals surface area contributed by atoms with Gasteiger partial charge in [0.15, 0.2) is 0 Å². The maximum absolute atomic E-state index is 11.3. The number of hydrogen-bond acceptors (Lipinski definition) is 3. The number of hydrogen-bond donors (Lipinski definition) is 2. The first-order valence-electron chi connectivity index (χ1n) is 5.27. The van der Waals surface area contributed by atoms with Crippen molar-refractivity contribution in [2.45, 2.75) is 31.4 Å². The summed E-state index contributed by atoms with van der Waals surface area (Å²) < 4.78 is 31.7. The molecule has 0 aliphatic rings. The summed E-state index contributed by atoms with van der Waals surface area (Å²) in [6, 6.07) is 6.64. The van der Waals surface area contributed by atoms with Crippen molar-refractivity contribution in [3.8, 4) is 0 Å². The van der Waals surface area contributed by atoms with Crippen molar-refractivity contribution >= 4 is 15.8 Å². The summed E-state index contributed by atoms with van der Waals surface area (Å²) in [5.41, 5.74) is 6.65. The van der Waals surface area contributed by atoms with E-state index in [2.05, 4.69) is 0 Å². The number of anilines is 1. The van der Waals surface area contributed by atoms with Crippen LogP contribution in [0.1, 0.15) is 37.0 Å². The van der Waals surface area contributed by atoms with E-state index in [0.717, 1.165) is 12.8 Å². The maximum Gasteiger partial charge on any atom is 0.271 e. The third-order valence-corrected chi connectivity index (χ3v) is 3.69. The molecule has 16 heavy (non-hydrogen) atoms. The molecule has 1 aromatic carbocycles. The average Bonchev–Trinajstić information content (AvgIpc) is 2.16. The minimum atomic E-state index is -4.06. The van der Waals surface area contributed by atoms with Gasteiger partial charge in [0.25, 0.3) is 10.1 Å². The molecule has 1 rings (SSSR count). The Morgan fingerprint density at radius 2 is 2.12 bits per heavy atom. The lowest BCUT2D eigenvalue weighted by molar-refractivity contribution is 0.461. The van der Waals surface area contributed by atoms with E-state index in [4.69, 9.17) is 5.73 Å². The molecule has 5 heteroatoms. The molecule has 0 heterocycles. The lowest BCUT2D eigenvalue weighted by atomic mass is 10.1. The fraction of sp³-hybridized carbons (Fsp3) is 0.455. The summed E-state index contributed by atoms with van der Waals surface area (Å²) in [6.07, 6.45) is 2.05. The van der Waals surface area contributed by atoms with E-state index in [9.17, 15) is 13.0 Å². The third-order valence-electron chi connectivity index (χ3n) is 2.46. The van der Waals surface area contributed by atoms with Crippen molar-refractivity contribution in [1.82, 2.24) is 0 Å². The molecule has 0 saturated heterocycles. The lowest BCUT2D eigenvalue weighted by Crippen LogP contribution is -2.12. The van der Waals surface area contributed by atoms with E-state index in [1.165, 1.54) is 0 Å². The van der Waals surface area contributed by atoms with Gasteiger partial charge in [0.2, 0.25) is 0 Å². The summed E-state index contributed by atoms with van der Waals surface area (Å²) >= 11 is 0. The van der Waals surface area contributed by atoms with Crippen LogP contribution >= 0.6 is 0 Å². The highest BCUT2D eigenvalue weighted by molar-refractivity contribution is 7.86. The standard InChI is InChI=1S/C11H17NO3S/c1-2-3-7-11(16(13,14)15)9-5-4-6-10(12)8-9/h4-6,8,11H,2-3,7,12H2,1H3,(H,13,14,15).